The lowest BCUT2D eigenvalue weighted by Gasteiger charge is -2.32. The van der Waals surface area contributed by atoms with Crippen LogP contribution in [0.3, 0.4) is 0 Å². The van der Waals surface area contributed by atoms with Gasteiger partial charge < -0.3 is 40.1 Å². The molecule has 0 aliphatic carbocycles. The highest BCUT2D eigenvalue weighted by molar-refractivity contribution is 7.01. The second-order valence-corrected chi connectivity index (χ2v) is 58.9. The minimum atomic E-state index is -2.50. The SMILES string of the molecule is C.C.C.C.CC[Si](C)(C)O[Si](C)(C)CC.CO[Si](C)(C)OC.CO[Si](C)(OC)c1ccccc1.CO[Si](OC)(c1ccccc1)c1ccccc1.COc1ccc([Si](C)(C)c2ccc(OC)cc2)cc1.C[Si](C)(C)c1ccccc1.C[Si](C)(c1ccccc1)c1ccccc1. The van der Waals surface area contributed by atoms with E-state index in [4.69, 9.17) is 40.1 Å². The fraction of sp³-hybridized carbons (Fsp3) is 0.385. The normalized spacial score (nSPS) is 11.2. The lowest BCUT2D eigenvalue weighted by molar-refractivity contribution is 0.258. The first-order valence-corrected chi connectivity index (χ1v) is 54.2. The average Bonchev–Trinajstić information content (AvgIpc) is 0.815. The molecule has 0 aliphatic rings. The van der Waals surface area contributed by atoms with Crippen molar-refractivity contribution in [2.75, 3.05) is 56.9 Å². The monoisotopic (exact) mass is 1430 g/mol. The maximum atomic E-state index is 6.20. The molecule has 8 aromatic rings. The molecule has 0 saturated carbocycles. The fourth-order valence-corrected chi connectivity index (χ4v) is 26.4. The molecule has 8 rings (SSSR count). The summed E-state index contributed by atoms with van der Waals surface area (Å²) in [4.78, 5) is 0. The molecule has 0 unspecified atom stereocenters. The van der Waals surface area contributed by atoms with E-state index in [-0.39, 0.29) is 29.7 Å². The van der Waals surface area contributed by atoms with Crippen LogP contribution in [0.15, 0.2) is 231 Å². The Bertz CT molecular complexity index is 2980. The molecule has 0 aliphatic heterocycles. The molecule has 0 heterocycles. The van der Waals surface area contributed by atoms with Crippen LogP contribution < -0.4 is 51.0 Å². The largest absolute Gasteiger partial charge is 0.497 e. The van der Waals surface area contributed by atoms with Crippen molar-refractivity contribution in [3.8, 4) is 11.5 Å². The first kappa shape index (κ1) is 94.0. The van der Waals surface area contributed by atoms with Crippen LogP contribution in [0.5, 0.6) is 11.5 Å². The van der Waals surface area contributed by atoms with Crippen molar-refractivity contribution in [3.05, 3.63) is 231 Å². The van der Waals surface area contributed by atoms with E-state index in [1.165, 1.54) is 38.0 Å². The summed E-state index contributed by atoms with van der Waals surface area (Å²) in [5.74, 6) is 1.81. The van der Waals surface area contributed by atoms with E-state index in [9.17, 15) is 0 Å². The van der Waals surface area contributed by atoms with E-state index in [0.29, 0.717) is 0 Å². The Balaban J connectivity index is -0.00000105. The van der Waals surface area contributed by atoms with Gasteiger partial charge in [0.1, 0.15) is 27.6 Å². The van der Waals surface area contributed by atoms with Gasteiger partial charge in [0.2, 0.25) is 0 Å². The molecule has 0 saturated heterocycles. The van der Waals surface area contributed by atoms with Crippen molar-refractivity contribution in [2.45, 2.75) is 147 Å². The molecular formula is C78H130O9Si8. The fourth-order valence-electron chi connectivity index (χ4n) is 9.07. The summed E-state index contributed by atoms with van der Waals surface area (Å²) in [7, 11) is 0.683. The quantitative estimate of drug-likeness (QED) is 0.0693. The second kappa shape index (κ2) is 46.2. The van der Waals surface area contributed by atoms with Gasteiger partial charge in [-0.2, -0.15) is 0 Å². The van der Waals surface area contributed by atoms with E-state index in [1.807, 2.05) is 111 Å². The van der Waals surface area contributed by atoms with Crippen LogP contribution in [-0.4, -0.2) is 123 Å². The van der Waals surface area contributed by atoms with Crippen LogP contribution >= 0.6 is 0 Å². The van der Waals surface area contributed by atoms with Gasteiger partial charge in [0.05, 0.1) is 22.3 Å². The van der Waals surface area contributed by atoms with Gasteiger partial charge in [-0.3, -0.25) is 0 Å². The number of ether oxygens (including phenoxy) is 2. The molecule has 0 fully saturated rings. The van der Waals surface area contributed by atoms with E-state index in [0.717, 1.165) is 27.1 Å². The van der Waals surface area contributed by atoms with E-state index >= 15 is 0 Å². The first-order valence-electron chi connectivity index (χ1n) is 31.5. The first-order chi connectivity index (χ1) is 42.9. The molecule has 95 heavy (non-hydrogen) atoms. The van der Waals surface area contributed by atoms with E-state index in [1.54, 1.807) is 56.9 Å². The molecule has 17 heteroatoms. The maximum Gasteiger partial charge on any atom is 0.406 e. The number of hydrogen-bond donors (Lipinski definition) is 0. The minimum absolute atomic E-state index is 0. The molecule has 0 radical (unpaired) electrons. The molecule has 0 aromatic heterocycles. The smallest absolute Gasteiger partial charge is 0.406 e. The molecule has 528 valence electrons. The summed E-state index contributed by atoms with van der Waals surface area (Å²) in [6.07, 6.45) is 0. The van der Waals surface area contributed by atoms with Crippen molar-refractivity contribution in [2.24, 2.45) is 0 Å². The van der Waals surface area contributed by atoms with Gasteiger partial charge in [-0.05, 0) is 97.7 Å². The minimum Gasteiger partial charge on any atom is -0.497 e. The van der Waals surface area contributed by atoms with Crippen LogP contribution in [0, 0.1) is 0 Å². The third-order valence-corrected chi connectivity index (χ3v) is 41.7. The molecule has 0 amide bonds. The Morgan fingerprint density at radius 2 is 0.484 bits per heavy atom. The highest BCUT2D eigenvalue weighted by Gasteiger charge is 2.40. The number of methoxy groups -OCH3 is 2. The topological polar surface area (TPSA) is 83.1 Å². The Hall–Kier alpha value is -5.18. The maximum absolute atomic E-state index is 6.20. The summed E-state index contributed by atoms with van der Waals surface area (Å²) in [6, 6.07) is 82.1. The summed E-state index contributed by atoms with van der Waals surface area (Å²) in [5.41, 5.74) is 0. The zero-order valence-corrected chi connectivity index (χ0v) is 68.0. The Morgan fingerprint density at radius 1 is 0.253 bits per heavy atom. The summed E-state index contributed by atoms with van der Waals surface area (Å²) in [6.45, 7) is 36.4. The predicted octanol–water partition coefficient (Wildman–Crippen LogP) is 17.0. The van der Waals surface area contributed by atoms with Gasteiger partial charge in [-0.15, -0.1) is 0 Å². The molecular weight excluding hydrogens is 1310 g/mol. The van der Waals surface area contributed by atoms with Crippen molar-refractivity contribution < 1.29 is 40.1 Å². The van der Waals surface area contributed by atoms with Gasteiger partial charge in [-0.25, -0.2) is 0 Å². The standard InChI is InChI=1S/C16H20O2Si.C14H16O2Si.C14H16Si.C9H14O2Si.C9H14Si.C8H22OSi2.C4H12O2Si.4CH4/c1-17-13-5-9-15(10-6-13)19(3,4)16-11-7-14(18-2)8-12-16;1-15-17(16-2,13-9-5-3-6-10-13)14-11-7-4-8-12-14;1-15(2,13-9-5-3-6-10-13)14-11-7-4-8-12-14;1-10-12(3,11-2)9-7-5-4-6-8-9;1-10(2,3)9-7-5-4-6-8-9;1-7-10(3,4)9-11(5,6)8-2;1-5-7(3,4)6-2;;;;/h5-12H,1-4H3;3-12H,1-2H3;3-12H,1-2H3;4-8H,1-3H3;4-8H,1-3H3;7-8H2,1-6H3;1-4H3;4*1H4. The molecule has 8 aromatic carbocycles. The van der Waals surface area contributed by atoms with Crippen molar-refractivity contribution in [3.63, 3.8) is 0 Å². The summed E-state index contributed by atoms with van der Waals surface area (Å²) in [5, 5.41) is 10.7. The van der Waals surface area contributed by atoms with Crippen LogP contribution in [0.4, 0.5) is 0 Å². The van der Waals surface area contributed by atoms with Gasteiger partial charge >= 0.3 is 25.7 Å². The summed E-state index contributed by atoms with van der Waals surface area (Å²) < 4.78 is 49.0. The number of benzene rings is 8. The van der Waals surface area contributed by atoms with Gasteiger partial charge in [0.15, 0.2) is 16.6 Å². The van der Waals surface area contributed by atoms with Crippen molar-refractivity contribution in [1.29, 1.82) is 0 Å². The Kier molecular flexibility index (Phi) is 45.7. The van der Waals surface area contributed by atoms with Crippen LogP contribution in [0.25, 0.3) is 0 Å². The highest BCUT2D eigenvalue weighted by atomic mass is 28.4. The molecule has 0 N–H and O–H groups in total. The lowest BCUT2D eigenvalue weighted by Crippen LogP contribution is -2.62. The predicted molar refractivity (Wildman–Crippen MR) is 441 cm³/mol. The zero-order valence-electron chi connectivity index (χ0n) is 60.0. The lowest BCUT2D eigenvalue weighted by atomic mass is 10.3. The Labute approximate surface area is 590 Å². The molecule has 0 spiro atoms. The molecule has 0 bridgehead atoms. The van der Waals surface area contributed by atoms with E-state index in [2.05, 4.69) is 225 Å². The van der Waals surface area contributed by atoms with Crippen LogP contribution in [0.1, 0.15) is 43.6 Å². The number of hydrogen-bond acceptors (Lipinski definition) is 9. The third kappa shape index (κ3) is 31.9. The Morgan fingerprint density at radius 3 is 0.674 bits per heavy atom. The molecule has 9 nitrogen and oxygen atoms in total. The van der Waals surface area contributed by atoms with Gasteiger partial charge in [0.25, 0.3) is 0 Å². The van der Waals surface area contributed by atoms with Crippen LogP contribution in [-0.2, 0) is 30.7 Å². The zero-order chi connectivity index (χ0) is 68.4. The van der Waals surface area contributed by atoms with Crippen molar-refractivity contribution >= 4 is 108 Å². The van der Waals surface area contributed by atoms with Crippen LogP contribution in [0.2, 0.25) is 104 Å². The van der Waals surface area contributed by atoms with Crippen molar-refractivity contribution in [1.82, 2.24) is 0 Å². The highest BCUT2D eigenvalue weighted by Crippen LogP contribution is 2.21. The average molecular weight is 1440 g/mol. The molecule has 0 atom stereocenters. The van der Waals surface area contributed by atoms with E-state index < -0.39 is 66.5 Å². The third-order valence-electron chi connectivity index (χ3n) is 16.5. The van der Waals surface area contributed by atoms with Gasteiger partial charge in [0, 0.05) is 42.7 Å². The van der Waals surface area contributed by atoms with Gasteiger partial charge in [-0.1, -0.05) is 322 Å². The summed E-state index contributed by atoms with van der Waals surface area (Å²) >= 11 is 0. The second-order valence-electron chi connectivity index (χ2n) is 25.7. The number of rotatable bonds is 20.